The molecule has 12 rings (SSSR count). The Morgan fingerprint density at radius 3 is 1.36 bits per heavy atom. The van der Waals surface area contributed by atoms with Crippen molar-refractivity contribution in [2.45, 2.75) is 13.8 Å². The predicted molar refractivity (Wildman–Crippen MR) is 243 cm³/mol. The summed E-state index contributed by atoms with van der Waals surface area (Å²) < 4.78 is 7.10. The highest BCUT2D eigenvalue weighted by Crippen LogP contribution is 2.43. The van der Waals surface area contributed by atoms with Crippen LogP contribution in [0.2, 0.25) is 0 Å². The monoisotopic (exact) mass is 756 g/mol. The number of hydrogen-bond donors (Lipinski definition) is 0. The van der Waals surface area contributed by atoms with Crippen LogP contribution < -0.4 is 0 Å². The Kier molecular flexibility index (Phi) is 7.26. The zero-order valence-corrected chi connectivity index (χ0v) is 32.5. The summed E-state index contributed by atoms with van der Waals surface area (Å²) in [5, 5.41) is 7.14. The Labute approximate surface area is 339 Å². The van der Waals surface area contributed by atoms with Gasteiger partial charge in [0.25, 0.3) is 0 Å². The van der Waals surface area contributed by atoms with Crippen molar-refractivity contribution in [1.82, 2.24) is 28.7 Å². The highest BCUT2D eigenvalue weighted by atomic mass is 15.2. The molecule has 8 aromatic carbocycles. The molecule has 0 N–H and O–H groups in total. The van der Waals surface area contributed by atoms with Gasteiger partial charge in [-0.3, -0.25) is 4.57 Å². The molecule has 0 spiro atoms. The minimum absolute atomic E-state index is 0.581. The van der Waals surface area contributed by atoms with Crippen LogP contribution in [0.1, 0.15) is 11.1 Å². The highest BCUT2D eigenvalue weighted by Gasteiger charge is 2.23. The topological polar surface area (TPSA) is 53.5 Å². The van der Waals surface area contributed by atoms with Gasteiger partial charge in [-0.15, -0.1) is 0 Å². The lowest BCUT2D eigenvalue weighted by molar-refractivity contribution is 0.953. The van der Waals surface area contributed by atoms with Gasteiger partial charge in [0, 0.05) is 54.8 Å². The molecule has 6 nitrogen and oxygen atoms in total. The average molecular weight is 757 g/mol. The van der Waals surface area contributed by atoms with Crippen LogP contribution in [0.3, 0.4) is 0 Å². The molecule has 12 aromatic rings. The number of hydrogen-bond acceptors (Lipinski definition) is 3. The average Bonchev–Trinajstić information content (AvgIpc) is 3.92. The van der Waals surface area contributed by atoms with E-state index in [1.54, 1.807) is 0 Å². The molecule has 0 radical (unpaired) electrons. The lowest BCUT2D eigenvalue weighted by Crippen LogP contribution is -2.06. The van der Waals surface area contributed by atoms with E-state index < -0.39 is 0 Å². The third kappa shape index (κ3) is 5.09. The molecule has 0 bridgehead atoms. The third-order valence-corrected chi connectivity index (χ3v) is 11.8. The molecule has 6 heteroatoms. The fourth-order valence-corrected chi connectivity index (χ4v) is 9.22. The molecule has 278 valence electrons. The molecular formula is C53H36N6. The maximum atomic E-state index is 5.22. The van der Waals surface area contributed by atoms with Crippen LogP contribution in [-0.2, 0) is 0 Å². The third-order valence-electron chi connectivity index (χ3n) is 11.8. The van der Waals surface area contributed by atoms with Crippen LogP contribution in [0.4, 0.5) is 0 Å². The first kappa shape index (κ1) is 33.3. The Hall–Kier alpha value is -7.83. The lowest BCUT2D eigenvalue weighted by Gasteiger charge is -2.13. The molecule has 0 unspecified atom stereocenters. The van der Waals surface area contributed by atoms with Gasteiger partial charge in [-0.2, -0.15) is 9.97 Å². The normalized spacial score (nSPS) is 11.9. The number of fused-ring (bicyclic) bond motifs is 10. The van der Waals surface area contributed by atoms with E-state index in [-0.39, 0.29) is 0 Å². The van der Waals surface area contributed by atoms with Crippen molar-refractivity contribution in [3.63, 3.8) is 0 Å². The summed E-state index contributed by atoms with van der Waals surface area (Å²) in [5.41, 5.74) is 13.2. The van der Waals surface area contributed by atoms with E-state index in [0.717, 1.165) is 61.0 Å². The van der Waals surface area contributed by atoms with E-state index in [0.29, 0.717) is 17.6 Å². The van der Waals surface area contributed by atoms with Crippen LogP contribution in [0.25, 0.3) is 106 Å². The largest absolute Gasteiger partial charge is 0.307 e. The molecule has 0 saturated heterocycles. The molecular weight excluding hydrogens is 721 g/mol. The maximum absolute atomic E-state index is 5.22. The minimum atomic E-state index is 0.581. The van der Waals surface area contributed by atoms with E-state index >= 15 is 0 Å². The van der Waals surface area contributed by atoms with Gasteiger partial charge in [-0.05, 0) is 74.5 Å². The van der Waals surface area contributed by atoms with Gasteiger partial charge < -0.3 is 9.13 Å². The van der Waals surface area contributed by atoms with Crippen molar-refractivity contribution in [1.29, 1.82) is 0 Å². The number of para-hydroxylation sites is 4. The molecule has 4 aromatic heterocycles. The van der Waals surface area contributed by atoms with E-state index in [1.807, 2.05) is 0 Å². The molecule has 0 fully saturated rings. The predicted octanol–water partition coefficient (Wildman–Crippen LogP) is 13.1. The quantitative estimate of drug-likeness (QED) is 0.176. The van der Waals surface area contributed by atoms with Crippen molar-refractivity contribution in [2.75, 3.05) is 0 Å². The molecule has 0 saturated carbocycles. The zero-order chi connectivity index (χ0) is 39.2. The number of nitrogens with zero attached hydrogens (tertiary/aromatic N) is 6. The summed E-state index contributed by atoms with van der Waals surface area (Å²) in [7, 11) is 0. The van der Waals surface area contributed by atoms with E-state index in [4.69, 9.17) is 15.0 Å². The van der Waals surface area contributed by atoms with Gasteiger partial charge in [0.2, 0.25) is 5.95 Å². The Morgan fingerprint density at radius 2 is 0.797 bits per heavy atom. The molecule has 0 aliphatic rings. The zero-order valence-electron chi connectivity index (χ0n) is 32.5. The fourth-order valence-electron chi connectivity index (χ4n) is 9.22. The van der Waals surface area contributed by atoms with Crippen molar-refractivity contribution >= 4 is 65.4 Å². The van der Waals surface area contributed by atoms with Crippen LogP contribution in [0, 0.1) is 13.8 Å². The summed E-state index contributed by atoms with van der Waals surface area (Å²) in [6.07, 6.45) is 0. The van der Waals surface area contributed by atoms with Crippen LogP contribution in [0.15, 0.2) is 182 Å². The van der Waals surface area contributed by atoms with Crippen LogP contribution in [-0.4, -0.2) is 28.7 Å². The number of aromatic nitrogens is 6. The van der Waals surface area contributed by atoms with Crippen molar-refractivity contribution in [2.24, 2.45) is 0 Å². The first-order valence-corrected chi connectivity index (χ1v) is 20.0. The summed E-state index contributed by atoms with van der Waals surface area (Å²) in [4.78, 5) is 15.5. The summed E-state index contributed by atoms with van der Waals surface area (Å²) >= 11 is 0. The number of rotatable bonds is 5. The van der Waals surface area contributed by atoms with E-state index in [2.05, 4.69) is 210 Å². The molecule has 0 amide bonds. The Balaban J connectivity index is 1.16. The Morgan fingerprint density at radius 1 is 0.322 bits per heavy atom. The smallest absolute Gasteiger partial charge is 0.238 e. The SMILES string of the molecule is Cc1cccc(-c2nc(-c3cccc(C)c3)nc(-n3c4ccccc4c4cc(-n5c6ccccc6c6ccc7c8ccccc8n(-c8ccccc8)c7c65)ccc43)n2)c1. The molecule has 0 atom stereocenters. The van der Waals surface area contributed by atoms with E-state index in [9.17, 15) is 0 Å². The number of aryl methyl sites for hydroxylation is 2. The first-order chi connectivity index (χ1) is 29.1. The van der Waals surface area contributed by atoms with Gasteiger partial charge >= 0.3 is 0 Å². The second-order valence-corrected chi connectivity index (χ2v) is 15.5. The van der Waals surface area contributed by atoms with Gasteiger partial charge in [0.15, 0.2) is 11.6 Å². The summed E-state index contributed by atoms with van der Waals surface area (Å²) in [5.74, 6) is 1.86. The minimum Gasteiger partial charge on any atom is -0.307 e. The van der Waals surface area contributed by atoms with Gasteiger partial charge in [-0.25, -0.2) is 4.98 Å². The first-order valence-electron chi connectivity index (χ1n) is 20.0. The van der Waals surface area contributed by atoms with Crippen LogP contribution >= 0.6 is 0 Å². The van der Waals surface area contributed by atoms with Gasteiger partial charge in [0.05, 0.1) is 33.1 Å². The second kappa shape index (κ2) is 12.8. The Bertz CT molecular complexity index is 3580. The van der Waals surface area contributed by atoms with Gasteiger partial charge in [-0.1, -0.05) is 132 Å². The molecule has 59 heavy (non-hydrogen) atoms. The molecule has 0 aliphatic heterocycles. The second-order valence-electron chi connectivity index (χ2n) is 15.5. The fraction of sp³-hybridized carbons (Fsp3) is 0.0377. The van der Waals surface area contributed by atoms with Crippen molar-refractivity contribution < 1.29 is 0 Å². The van der Waals surface area contributed by atoms with Crippen molar-refractivity contribution in [3.8, 4) is 40.1 Å². The highest BCUT2D eigenvalue weighted by molar-refractivity contribution is 6.24. The molecule has 0 aliphatic carbocycles. The number of benzene rings is 8. The maximum Gasteiger partial charge on any atom is 0.238 e. The summed E-state index contributed by atoms with van der Waals surface area (Å²) in [6.45, 7) is 4.20. The van der Waals surface area contributed by atoms with Gasteiger partial charge in [0.1, 0.15) is 0 Å². The van der Waals surface area contributed by atoms with Crippen LogP contribution in [0.5, 0.6) is 0 Å². The summed E-state index contributed by atoms with van der Waals surface area (Å²) in [6, 6.07) is 65.0. The lowest BCUT2D eigenvalue weighted by atomic mass is 10.1. The van der Waals surface area contributed by atoms with Crippen molar-refractivity contribution in [3.05, 3.63) is 193 Å². The van der Waals surface area contributed by atoms with E-state index in [1.165, 1.54) is 38.1 Å². The molecule has 4 heterocycles. The standard InChI is InChI=1S/C53H36N6/c1-33-14-12-16-35(30-33)51-54-52(36-17-13-15-34(2)31-36)56-53(55-51)59-47-25-11-8-22-41(47)44-32-38(26-29-48(44)59)58-46-24-10-7-21-40(46)43-28-27-42-39-20-6-9-23-45(39)57(49(42)50(43)58)37-18-4-3-5-19-37/h3-32H,1-2H3.